The predicted molar refractivity (Wildman–Crippen MR) is 103 cm³/mol. The molecule has 0 bridgehead atoms. The molecule has 140 valence electrons. The summed E-state index contributed by atoms with van der Waals surface area (Å²) in [6, 6.07) is 8.27. The highest BCUT2D eigenvalue weighted by molar-refractivity contribution is 7.89. The van der Waals surface area contributed by atoms with Crippen LogP contribution in [0.4, 0.5) is 5.69 Å². The molecule has 2 aromatic carbocycles. The van der Waals surface area contributed by atoms with Gasteiger partial charge in [0.25, 0.3) is 0 Å². The molecule has 0 saturated carbocycles. The third kappa shape index (κ3) is 5.11. The second-order valence-electron chi connectivity index (χ2n) is 5.64. The number of sulfonamides is 1. The van der Waals surface area contributed by atoms with Gasteiger partial charge in [-0.05, 0) is 49.7 Å². The van der Waals surface area contributed by atoms with Gasteiger partial charge in [0.15, 0.2) is 0 Å². The molecule has 0 spiro atoms. The number of hydrogen-bond acceptors (Lipinski definition) is 4. The maximum Gasteiger partial charge on any atom is 0.244 e. The highest BCUT2D eigenvalue weighted by Gasteiger charge is 2.25. The number of anilines is 1. The summed E-state index contributed by atoms with van der Waals surface area (Å²) in [6.45, 7) is 3.19. The van der Waals surface area contributed by atoms with Gasteiger partial charge < -0.3 is 10.1 Å². The largest absolute Gasteiger partial charge is 0.495 e. The first-order valence-electron chi connectivity index (χ1n) is 7.56. The Hall–Kier alpha value is -1.80. The molecule has 0 aliphatic rings. The minimum absolute atomic E-state index is 0.0366. The third-order valence-electron chi connectivity index (χ3n) is 3.46. The van der Waals surface area contributed by atoms with E-state index in [-0.39, 0.29) is 10.6 Å². The van der Waals surface area contributed by atoms with Crippen molar-refractivity contribution < 1.29 is 17.9 Å². The summed E-state index contributed by atoms with van der Waals surface area (Å²) in [6.07, 6.45) is 0. The molecule has 0 fully saturated rings. The number of halogens is 2. The van der Waals surface area contributed by atoms with Crippen molar-refractivity contribution in [1.29, 1.82) is 0 Å². The molecular formula is C17H18Cl2N2O4S. The number of benzene rings is 2. The molecular weight excluding hydrogens is 399 g/mol. The van der Waals surface area contributed by atoms with Crippen LogP contribution in [0.25, 0.3) is 0 Å². The van der Waals surface area contributed by atoms with Crippen LogP contribution in [0.3, 0.4) is 0 Å². The molecule has 2 aromatic rings. The van der Waals surface area contributed by atoms with Crippen molar-refractivity contribution in [1.82, 2.24) is 4.72 Å². The Bertz CT molecular complexity index is 912. The van der Waals surface area contributed by atoms with Crippen molar-refractivity contribution in [2.24, 2.45) is 0 Å². The van der Waals surface area contributed by atoms with Gasteiger partial charge in [-0.15, -0.1) is 0 Å². The Labute approximate surface area is 162 Å². The highest BCUT2D eigenvalue weighted by atomic mass is 35.5. The van der Waals surface area contributed by atoms with Crippen LogP contribution in [0, 0.1) is 6.92 Å². The van der Waals surface area contributed by atoms with Crippen molar-refractivity contribution in [3.8, 4) is 5.75 Å². The van der Waals surface area contributed by atoms with Crippen molar-refractivity contribution in [3.63, 3.8) is 0 Å². The van der Waals surface area contributed by atoms with E-state index >= 15 is 0 Å². The Kier molecular flexibility index (Phi) is 6.52. The van der Waals surface area contributed by atoms with E-state index in [9.17, 15) is 13.2 Å². The van der Waals surface area contributed by atoms with Crippen LogP contribution in [-0.4, -0.2) is 27.5 Å². The van der Waals surface area contributed by atoms with Crippen LogP contribution < -0.4 is 14.8 Å². The zero-order valence-electron chi connectivity index (χ0n) is 14.3. The average molecular weight is 417 g/mol. The molecule has 0 radical (unpaired) electrons. The van der Waals surface area contributed by atoms with Crippen molar-refractivity contribution in [2.75, 3.05) is 12.4 Å². The van der Waals surface area contributed by atoms with E-state index in [1.807, 2.05) is 0 Å². The lowest BCUT2D eigenvalue weighted by Crippen LogP contribution is -2.41. The van der Waals surface area contributed by atoms with Gasteiger partial charge >= 0.3 is 0 Å². The number of aryl methyl sites for hydroxylation is 1. The first kappa shape index (κ1) is 20.5. The molecule has 0 aromatic heterocycles. The van der Waals surface area contributed by atoms with Crippen LogP contribution >= 0.6 is 23.2 Å². The van der Waals surface area contributed by atoms with Crippen molar-refractivity contribution in [3.05, 3.63) is 52.0 Å². The number of hydrogen-bond donors (Lipinski definition) is 2. The summed E-state index contributed by atoms with van der Waals surface area (Å²) in [5.74, 6) is -0.365. The fraction of sp³-hybridized carbons (Fsp3) is 0.235. The summed E-state index contributed by atoms with van der Waals surface area (Å²) in [4.78, 5) is 12.3. The summed E-state index contributed by atoms with van der Waals surface area (Å²) in [7, 11) is -2.59. The van der Waals surface area contributed by atoms with E-state index in [4.69, 9.17) is 27.9 Å². The van der Waals surface area contributed by atoms with Gasteiger partial charge in [0.05, 0.1) is 13.2 Å². The first-order valence-corrected chi connectivity index (χ1v) is 9.80. The van der Waals surface area contributed by atoms with Crippen LogP contribution in [-0.2, 0) is 14.8 Å². The van der Waals surface area contributed by atoms with Gasteiger partial charge in [0, 0.05) is 15.7 Å². The number of nitrogens with one attached hydrogen (secondary N) is 2. The lowest BCUT2D eigenvalue weighted by molar-refractivity contribution is -0.117. The highest BCUT2D eigenvalue weighted by Crippen LogP contribution is 2.25. The minimum atomic E-state index is -3.97. The molecule has 2 rings (SSSR count). The van der Waals surface area contributed by atoms with Gasteiger partial charge in [-0.3, -0.25) is 4.79 Å². The fourth-order valence-corrected chi connectivity index (χ4v) is 4.20. The van der Waals surface area contributed by atoms with Crippen LogP contribution in [0.15, 0.2) is 41.3 Å². The number of carbonyl (C=O) groups excluding carboxylic acids is 1. The van der Waals surface area contributed by atoms with Crippen molar-refractivity contribution >= 4 is 44.8 Å². The topological polar surface area (TPSA) is 84.5 Å². The van der Waals surface area contributed by atoms with Gasteiger partial charge in [-0.2, -0.15) is 4.72 Å². The quantitative estimate of drug-likeness (QED) is 0.752. The summed E-state index contributed by atoms with van der Waals surface area (Å²) in [5, 5.41) is 3.28. The zero-order valence-corrected chi connectivity index (χ0v) is 16.7. The Morgan fingerprint density at radius 1 is 1.12 bits per heavy atom. The lowest BCUT2D eigenvalue weighted by Gasteiger charge is -2.16. The first-order chi connectivity index (χ1) is 12.1. The number of amides is 1. The third-order valence-corrected chi connectivity index (χ3v) is 5.46. The Morgan fingerprint density at radius 2 is 1.73 bits per heavy atom. The predicted octanol–water partition coefficient (Wildman–Crippen LogP) is 3.62. The smallest absolute Gasteiger partial charge is 0.244 e. The molecule has 2 N–H and O–H groups in total. The Balaban J connectivity index is 2.18. The van der Waals surface area contributed by atoms with E-state index in [0.717, 1.165) is 5.56 Å². The molecule has 1 amide bonds. The van der Waals surface area contributed by atoms with Crippen molar-refractivity contribution in [2.45, 2.75) is 24.8 Å². The second kappa shape index (κ2) is 8.26. The van der Waals surface area contributed by atoms with Crippen LogP contribution in [0.2, 0.25) is 10.0 Å². The standard InChI is InChI=1S/C17H18Cl2N2O4S/c1-10-4-5-15(25-3)16(6-10)26(23,24)21-11(2)17(22)20-14-8-12(18)7-13(19)9-14/h4-9,11,21H,1-3H3,(H,20,22)/t11-/m1/s1. The van der Waals surface area contributed by atoms with E-state index in [2.05, 4.69) is 10.0 Å². The monoisotopic (exact) mass is 416 g/mol. The molecule has 0 aliphatic carbocycles. The van der Waals surface area contributed by atoms with Gasteiger partial charge in [-0.1, -0.05) is 29.3 Å². The van der Waals surface area contributed by atoms with E-state index in [1.165, 1.54) is 38.3 Å². The summed E-state index contributed by atoms with van der Waals surface area (Å²) >= 11 is 11.8. The maximum atomic E-state index is 12.6. The molecule has 0 aliphatic heterocycles. The average Bonchev–Trinajstić information content (AvgIpc) is 2.53. The SMILES string of the molecule is COc1ccc(C)cc1S(=O)(=O)N[C@H](C)C(=O)Nc1cc(Cl)cc(Cl)c1. The molecule has 1 atom stereocenters. The molecule has 9 heteroatoms. The maximum absolute atomic E-state index is 12.6. The molecule has 26 heavy (non-hydrogen) atoms. The summed E-state index contributed by atoms with van der Waals surface area (Å²) in [5.41, 5.74) is 1.11. The second-order valence-corrected chi connectivity index (χ2v) is 8.20. The number of rotatable bonds is 6. The Morgan fingerprint density at radius 3 is 2.31 bits per heavy atom. The molecule has 0 unspecified atom stereocenters. The normalized spacial score (nSPS) is 12.5. The minimum Gasteiger partial charge on any atom is -0.495 e. The number of ether oxygens (including phenoxy) is 1. The van der Waals surface area contributed by atoms with E-state index in [0.29, 0.717) is 15.7 Å². The molecule has 6 nitrogen and oxygen atoms in total. The molecule has 0 heterocycles. The lowest BCUT2D eigenvalue weighted by atomic mass is 10.2. The van der Waals surface area contributed by atoms with Gasteiger partial charge in [0.2, 0.25) is 15.9 Å². The molecule has 0 saturated heterocycles. The van der Waals surface area contributed by atoms with E-state index in [1.54, 1.807) is 19.1 Å². The van der Waals surface area contributed by atoms with E-state index < -0.39 is 22.0 Å². The fourth-order valence-electron chi connectivity index (χ4n) is 2.22. The number of carbonyl (C=O) groups is 1. The van der Waals surface area contributed by atoms with Crippen LogP contribution in [0.1, 0.15) is 12.5 Å². The zero-order chi connectivity index (χ0) is 19.5. The summed E-state index contributed by atoms with van der Waals surface area (Å²) < 4.78 is 32.7. The van der Waals surface area contributed by atoms with Crippen LogP contribution in [0.5, 0.6) is 5.75 Å². The van der Waals surface area contributed by atoms with Gasteiger partial charge in [-0.25, -0.2) is 8.42 Å². The number of methoxy groups -OCH3 is 1. The van der Waals surface area contributed by atoms with Gasteiger partial charge in [0.1, 0.15) is 10.6 Å².